The highest BCUT2D eigenvalue weighted by Crippen LogP contribution is 2.25. The first-order valence-corrected chi connectivity index (χ1v) is 5.34. The van der Waals surface area contributed by atoms with Crippen molar-refractivity contribution in [3.8, 4) is 0 Å². The number of fused-ring (bicyclic) bond motifs is 1. The van der Waals surface area contributed by atoms with Crippen LogP contribution in [-0.2, 0) is 11.2 Å². The van der Waals surface area contributed by atoms with Gasteiger partial charge in [0.15, 0.2) is 0 Å². The summed E-state index contributed by atoms with van der Waals surface area (Å²) in [5.74, 6) is 0.0947. The summed E-state index contributed by atoms with van der Waals surface area (Å²) in [6, 6.07) is 6.02. The number of nitrogens with one attached hydrogen (secondary N) is 2. The van der Waals surface area contributed by atoms with Crippen LogP contribution in [0.3, 0.4) is 0 Å². The van der Waals surface area contributed by atoms with E-state index in [4.69, 9.17) is 0 Å². The van der Waals surface area contributed by atoms with Crippen molar-refractivity contribution in [2.75, 3.05) is 17.2 Å². The van der Waals surface area contributed by atoms with E-state index in [1.165, 1.54) is 11.3 Å². The third-order valence-corrected chi connectivity index (χ3v) is 2.61. The van der Waals surface area contributed by atoms with Gasteiger partial charge in [-0.1, -0.05) is 13.8 Å². The summed E-state index contributed by atoms with van der Waals surface area (Å²) in [5, 5.41) is 6.20. The number of hydrogen-bond acceptors (Lipinski definition) is 2. The topological polar surface area (TPSA) is 41.1 Å². The molecule has 1 aliphatic rings. The smallest absolute Gasteiger partial charge is 0.226 e. The minimum atomic E-state index is 0.0244. The van der Waals surface area contributed by atoms with Crippen LogP contribution in [0.4, 0.5) is 11.4 Å². The maximum Gasteiger partial charge on any atom is 0.226 e. The number of amides is 1. The molecule has 1 heterocycles. The first-order valence-electron chi connectivity index (χ1n) is 5.34. The Bertz CT molecular complexity index is 385. The number of carbonyl (C=O) groups excluding carboxylic acids is 1. The van der Waals surface area contributed by atoms with Crippen LogP contribution in [0, 0.1) is 5.92 Å². The second kappa shape index (κ2) is 3.93. The van der Waals surface area contributed by atoms with Gasteiger partial charge in [-0.25, -0.2) is 0 Å². The standard InChI is InChI=1S/C12H16N2O/c1-8(2)12(15)14-10-3-4-11-9(7-10)5-6-13-11/h3-4,7-8,13H,5-6H2,1-2H3,(H,14,15). The van der Waals surface area contributed by atoms with Gasteiger partial charge in [-0.2, -0.15) is 0 Å². The third-order valence-electron chi connectivity index (χ3n) is 2.61. The summed E-state index contributed by atoms with van der Waals surface area (Å²) in [4.78, 5) is 11.5. The Morgan fingerprint density at radius 1 is 1.47 bits per heavy atom. The Hall–Kier alpha value is -1.51. The van der Waals surface area contributed by atoms with Crippen LogP contribution in [-0.4, -0.2) is 12.5 Å². The molecule has 1 aliphatic heterocycles. The van der Waals surface area contributed by atoms with Crippen LogP contribution in [0.15, 0.2) is 18.2 Å². The molecule has 0 bridgehead atoms. The molecule has 0 fully saturated rings. The highest BCUT2D eigenvalue weighted by molar-refractivity contribution is 5.92. The third kappa shape index (κ3) is 2.12. The van der Waals surface area contributed by atoms with E-state index < -0.39 is 0 Å². The van der Waals surface area contributed by atoms with Gasteiger partial charge < -0.3 is 10.6 Å². The second-order valence-electron chi connectivity index (χ2n) is 4.19. The van der Waals surface area contributed by atoms with Crippen molar-refractivity contribution in [3.63, 3.8) is 0 Å². The molecular weight excluding hydrogens is 188 g/mol. The summed E-state index contributed by atoms with van der Waals surface area (Å²) in [6.07, 6.45) is 1.04. The summed E-state index contributed by atoms with van der Waals surface area (Å²) < 4.78 is 0. The Morgan fingerprint density at radius 3 is 3.00 bits per heavy atom. The average molecular weight is 204 g/mol. The van der Waals surface area contributed by atoms with E-state index in [1.54, 1.807) is 0 Å². The largest absolute Gasteiger partial charge is 0.384 e. The number of anilines is 2. The van der Waals surface area contributed by atoms with Crippen molar-refractivity contribution in [1.82, 2.24) is 0 Å². The molecule has 0 atom stereocenters. The van der Waals surface area contributed by atoms with Crippen molar-refractivity contribution in [3.05, 3.63) is 23.8 Å². The van der Waals surface area contributed by atoms with Gasteiger partial charge in [-0.3, -0.25) is 4.79 Å². The minimum Gasteiger partial charge on any atom is -0.384 e. The quantitative estimate of drug-likeness (QED) is 0.775. The predicted octanol–water partition coefficient (Wildman–Crippen LogP) is 2.25. The molecule has 80 valence electrons. The molecule has 3 nitrogen and oxygen atoms in total. The summed E-state index contributed by atoms with van der Waals surface area (Å²) >= 11 is 0. The maximum atomic E-state index is 11.5. The number of carbonyl (C=O) groups is 1. The van der Waals surface area contributed by atoms with Crippen molar-refractivity contribution in [2.45, 2.75) is 20.3 Å². The summed E-state index contributed by atoms with van der Waals surface area (Å²) in [7, 11) is 0. The maximum absolute atomic E-state index is 11.5. The summed E-state index contributed by atoms with van der Waals surface area (Å²) in [5.41, 5.74) is 3.38. The predicted molar refractivity (Wildman–Crippen MR) is 62.1 cm³/mol. The second-order valence-corrected chi connectivity index (χ2v) is 4.19. The zero-order chi connectivity index (χ0) is 10.8. The van der Waals surface area contributed by atoms with Crippen molar-refractivity contribution in [1.29, 1.82) is 0 Å². The molecule has 1 aromatic rings. The van der Waals surface area contributed by atoms with Gasteiger partial charge in [-0.05, 0) is 30.2 Å². The molecule has 2 N–H and O–H groups in total. The number of rotatable bonds is 2. The Morgan fingerprint density at radius 2 is 2.27 bits per heavy atom. The average Bonchev–Trinajstić information content (AvgIpc) is 2.64. The lowest BCUT2D eigenvalue weighted by molar-refractivity contribution is -0.118. The molecule has 0 saturated carbocycles. The van der Waals surface area contributed by atoms with Crippen LogP contribution in [0.25, 0.3) is 0 Å². The monoisotopic (exact) mass is 204 g/mol. The molecule has 0 radical (unpaired) electrons. The SMILES string of the molecule is CC(C)C(=O)Nc1ccc2c(c1)CCN2. The zero-order valence-electron chi connectivity index (χ0n) is 9.13. The lowest BCUT2D eigenvalue weighted by Crippen LogP contribution is -2.17. The van der Waals surface area contributed by atoms with E-state index in [9.17, 15) is 4.79 Å². The molecule has 0 aliphatic carbocycles. The molecule has 1 amide bonds. The Kier molecular flexibility index (Phi) is 2.62. The van der Waals surface area contributed by atoms with Crippen molar-refractivity contribution < 1.29 is 4.79 Å². The van der Waals surface area contributed by atoms with Gasteiger partial charge >= 0.3 is 0 Å². The number of benzene rings is 1. The van der Waals surface area contributed by atoms with E-state index in [1.807, 2.05) is 26.0 Å². The lowest BCUT2D eigenvalue weighted by atomic mass is 10.1. The van der Waals surface area contributed by atoms with Crippen LogP contribution in [0.2, 0.25) is 0 Å². The molecule has 1 aromatic carbocycles. The van der Waals surface area contributed by atoms with Crippen LogP contribution in [0.1, 0.15) is 19.4 Å². The molecule has 0 aromatic heterocycles. The number of hydrogen-bond donors (Lipinski definition) is 2. The highest BCUT2D eigenvalue weighted by atomic mass is 16.1. The van der Waals surface area contributed by atoms with Gasteiger partial charge in [-0.15, -0.1) is 0 Å². The molecule has 0 spiro atoms. The summed E-state index contributed by atoms with van der Waals surface area (Å²) in [6.45, 7) is 4.78. The van der Waals surface area contributed by atoms with E-state index >= 15 is 0 Å². The van der Waals surface area contributed by atoms with E-state index in [-0.39, 0.29) is 11.8 Å². The van der Waals surface area contributed by atoms with Gasteiger partial charge in [0.2, 0.25) is 5.91 Å². The van der Waals surface area contributed by atoms with E-state index in [0.717, 1.165) is 18.7 Å². The molecule has 2 rings (SSSR count). The van der Waals surface area contributed by atoms with Gasteiger partial charge in [0.1, 0.15) is 0 Å². The fourth-order valence-corrected chi connectivity index (χ4v) is 1.67. The Labute approximate surface area is 89.9 Å². The first-order chi connectivity index (χ1) is 7.16. The fourth-order valence-electron chi connectivity index (χ4n) is 1.67. The molecule has 15 heavy (non-hydrogen) atoms. The molecule has 0 unspecified atom stereocenters. The zero-order valence-corrected chi connectivity index (χ0v) is 9.13. The van der Waals surface area contributed by atoms with Gasteiger partial charge in [0.05, 0.1) is 0 Å². The molecular formula is C12H16N2O. The van der Waals surface area contributed by atoms with Gasteiger partial charge in [0, 0.05) is 23.8 Å². The van der Waals surface area contributed by atoms with Crippen LogP contribution < -0.4 is 10.6 Å². The van der Waals surface area contributed by atoms with Gasteiger partial charge in [0.25, 0.3) is 0 Å². The molecule has 3 heteroatoms. The van der Waals surface area contributed by atoms with E-state index in [2.05, 4.69) is 16.7 Å². The highest BCUT2D eigenvalue weighted by Gasteiger charge is 2.12. The lowest BCUT2D eigenvalue weighted by Gasteiger charge is -2.09. The Balaban J connectivity index is 2.13. The van der Waals surface area contributed by atoms with E-state index in [0.29, 0.717) is 0 Å². The minimum absolute atomic E-state index is 0.0244. The van der Waals surface area contributed by atoms with Crippen LogP contribution in [0.5, 0.6) is 0 Å². The fraction of sp³-hybridized carbons (Fsp3) is 0.417. The molecule has 0 saturated heterocycles. The normalized spacial score (nSPS) is 13.5. The van der Waals surface area contributed by atoms with Crippen molar-refractivity contribution >= 4 is 17.3 Å². The van der Waals surface area contributed by atoms with Crippen molar-refractivity contribution in [2.24, 2.45) is 5.92 Å². The first kappa shape index (κ1) is 10.0. The van der Waals surface area contributed by atoms with Crippen LogP contribution >= 0.6 is 0 Å².